The summed E-state index contributed by atoms with van der Waals surface area (Å²) in [4.78, 5) is 12.4. The fraction of sp³-hybridized carbons (Fsp3) is 0.154. The second-order valence-corrected chi connectivity index (χ2v) is 4.30. The number of ketones is 1. The van der Waals surface area contributed by atoms with Crippen molar-refractivity contribution in [1.29, 1.82) is 0 Å². The number of hydrogen-bond donors (Lipinski definition) is 0. The smallest absolute Gasteiger partial charge is 0.193 e. The number of aromatic nitrogens is 3. The Morgan fingerprint density at radius 2 is 2.29 bits per heavy atom. The van der Waals surface area contributed by atoms with Gasteiger partial charge in [0.05, 0.1) is 0 Å². The molecule has 82 valence electrons. The van der Waals surface area contributed by atoms with E-state index in [4.69, 9.17) is 0 Å². The number of fused-ring (bicyclic) bond motifs is 2. The monoisotopic (exact) mass is 223 g/mol. The van der Waals surface area contributed by atoms with Crippen LogP contribution >= 0.6 is 0 Å². The van der Waals surface area contributed by atoms with Gasteiger partial charge in [-0.3, -0.25) is 4.79 Å². The van der Waals surface area contributed by atoms with Crippen molar-refractivity contribution in [2.45, 2.75) is 12.5 Å². The topological polar surface area (TPSA) is 47.8 Å². The largest absolute Gasteiger partial charge is 0.289 e. The molecule has 1 aromatic carbocycles. The van der Waals surface area contributed by atoms with Crippen molar-refractivity contribution >= 4 is 16.8 Å². The minimum Gasteiger partial charge on any atom is -0.289 e. The van der Waals surface area contributed by atoms with Gasteiger partial charge in [-0.2, -0.15) is 0 Å². The molecule has 1 aliphatic heterocycles. The summed E-state index contributed by atoms with van der Waals surface area (Å²) in [5, 5.41) is 8.28. The summed E-state index contributed by atoms with van der Waals surface area (Å²) >= 11 is 0. The number of carbonyl (C=O) groups excluding carboxylic acids is 1. The summed E-state index contributed by atoms with van der Waals surface area (Å²) in [6.07, 6.45) is 6.88. The lowest BCUT2D eigenvalue weighted by atomic mass is 9.89. The first kappa shape index (κ1) is 8.87. The summed E-state index contributed by atoms with van der Waals surface area (Å²) in [7, 11) is 0. The van der Waals surface area contributed by atoms with Crippen molar-refractivity contribution < 1.29 is 4.79 Å². The van der Waals surface area contributed by atoms with E-state index in [2.05, 4.69) is 16.4 Å². The Hall–Kier alpha value is -2.23. The molecule has 1 atom stereocenters. The van der Waals surface area contributed by atoms with Crippen molar-refractivity contribution in [3.05, 3.63) is 47.6 Å². The van der Waals surface area contributed by atoms with E-state index in [9.17, 15) is 4.79 Å². The quantitative estimate of drug-likeness (QED) is 0.642. The van der Waals surface area contributed by atoms with Crippen LogP contribution in [0.4, 0.5) is 0 Å². The number of rotatable bonds is 0. The molecule has 2 aromatic rings. The summed E-state index contributed by atoms with van der Waals surface area (Å²) < 4.78 is 1.84. The molecule has 2 aliphatic rings. The van der Waals surface area contributed by atoms with E-state index >= 15 is 0 Å². The highest BCUT2D eigenvalue weighted by Crippen LogP contribution is 2.35. The van der Waals surface area contributed by atoms with Crippen molar-refractivity contribution in [3.8, 4) is 0 Å². The van der Waals surface area contributed by atoms with Gasteiger partial charge in [-0.1, -0.05) is 29.5 Å². The number of allylic oxidation sites excluding steroid dienone is 4. The maximum absolute atomic E-state index is 12.4. The average Bonchev–Trinajstić information content (AvgIpc) is 2.81. The highest BCUT2D eigenvalue weighted by Gasteiger charge is 2.32. The van der Waals surface area contributed by atoms with Crippen LogP contribution in [0.15, 0.2) is 42.0 Å². The number of nitrogens with zero attached hydrogens (tertiary/aromatic N) is 3. The van der Waals surface area contributed by atoms with E-state index in [1.807, 2.05) is 35.0 Å². The molecule has 0 bridgehead atoms. The van der Waals surface area contributed by atoms with Gasteiger partial charge in [0.15, 0.2) is 5.78 Å². The Balaban J connectivity index is 2.15. The number of Topliss-reactive ketones (excluding diaryl/α,β-unsaturated/α-hetero) is 1. The molecule has 0 N–H and O–H groups in total. The van der Waals surface area contributed by atoms with Gasteiger partial charge in [-0.15, -0.1) is 5.10 Å². The lowest BCUT2D eigenvalue weighted by Crippen LogP contribution is -2.24. The summed E-state index contributed by atoms with van der Waals surface area (Å²) in [6.45, 7) is 0. The van der Waals surface area contributed by atoms with Crippen LogP contribution in [-0.2, 0) is 0 Å². The molecule has 0 radical (unpaired) electrons. The van der Waals surface area contributed by atoms with Gasteiger partial charge >= 0.3 is 0 Å². The van der Waals surface area contributed by atoms with Crippen LogP contribution in [0, 0.1) is 0 Å². The third-order valence-corrected chi connectivity index (χ3v) is 3.37. The maximum atomic E-state index is 12.4. The number of para-hydroxylation sites is 1. The summed E-state index contributed by atoms with van der Waals surface area (Å²) in [5.74, 6) is 0.111. The minimum absolute atomic E-state index is 0.0730. The zero-order valence-corrected chi connectivity index (χ0v) is 9.00. The molecular formula is C13H9N3O. The van der Waals surface area contributed by atoms with Crippen molar-refractivity contribution in [2.24, 2.45) is 0 Å². The van der Waals surface area contributed by atoms with Crippen molar-refractivity contribution in [1.82, 2.24) is 15.0 Å². The zero-order chi connectivity index (χ0) is 11.4. The molecule has 0 fully saturated rings. The first-order valence-electron chi connectivity index (χ1n) is 5.61. The zero-order valence-electron chi connectivity index (χ0n) is 9.00. The van der Waals surface area contributed by atoms with Gasteiger partial charge in [0.1, 0.15) is 17.1 Å². The van der Waals surface area contributed by atoms with Gasteiger partial charge in [0.25, 0.3) is 0 Å². The normalized spacial score (nSPS) is 21.5. The molecule has 4 rings (SSSR count). The highest BCUT2D eigenvalue weighted by molar-refractivity contribution is 6.17. The molecule has 1 aromatic heterocycles. The van der Waals surface area contributed by atoms with Crippen LogP contribution in [0.5, 0.6) is 0 Å². The highest BCUT2D eigenvalue weighted by atomic mass is 16.1. The third-order valence-electron chi connectivity index (χ3n) is 3.37. The third kappa shape index (κ3) is 0.996. The predicted molar refractivity (Wildman–Crippen MR) is 62.7 cm³/mol. The standard InChI is InChI=1S/C13H9N3O/c17-13-8-4-1-2-7-11(8)16-12-9(13)5-3-6-10(12)14-15-16/h2-7,11H,1H2. The lowest BCUT2D eigenvalue weighted by molar-refractivity contribution is 0.102. The van der Waals surface area contributed by atoms with E-state index in [1.165, 1.54) is 0 Å². The minimum atomic E-state index is -0.0730. The van der Waals surface area contributed by atoms with Crippen LogP contribution < -0.4 is 0 Å². The fourth-order valence-corrected chi connectivity index (χ4v) is 2.59. The second-order valence-electron chi connectivity index (χ2n) is 4.30. The van der Waals surface area contributed by atoms with Crippen LogP contribution in [0.3, 0.4) is 0 Å². The van der Waals surface area contributed by atoms with E-state index in [0.29, 0.717) is 5.56 Å². The SMILES string of the molecule is O=C1C2=CCC=CC2n2nnc3cccc1c32. The van der Waals surface area contributed by atoms with Gasteiger partial charge in [0.2, 0.25) is 0 Å². The Labute approximate surface area is 97.2 Å². The number of carbonyl (C=O) groups is 1. The van der Waals surface area contributed by atoms with E-state index < -0.39 is 0 Å². The molecule has 1 aliphatic carbocycles. The second kappa shape index (κ2) is 2.91. The average molecular weight is 223 g/mol. The molecule has 4 heteroatoms. The molecule has 0 saturated heterocycles. The number of hydrogen-bond acceptors (Lipinski definition) is 3. The first-order valence-corrected chi connectivity index (χ1v) is 5.61. The van der Waals surface area contributed by atoms with Crippen molar-refractivity contribution in [2.75, 3.05) is 0 Å². The molecule has 1 unspecified atom stereocenters. The Morgan fingerprint density at radius 3 is 3.24 bits per heavy atom. The van der Waals surface area contributed by atoms with Gasteiger partial charge < -0.3 is 0 Å². The van der Waals surface area contributed by atoms with E-state index in [-0.39, 0.29) is 11.8 Å². The Morgan fingerprint density at radius 1 is 1.35 bits per heavy atom. The molecule has 0 amide bonds. The van der Waals surface area contributed by atoms with Crippen LogP contribution in [0.1, 0.15) is 22.8 Å². The van der Waals surface area contributed by atoms with Gasteiger partial charge in [-0.25, -0.2) is 4.68 Å². The van der Waals surface area contributed by atoms with Crippen molar-refractivity contribution in [3.63, 3.8) is 0 Å². The predicted octanol–water partition coefficient (Wildman–Crippen LogP) is 2.05. The first-order chi connectivity index (χ1) is 8.36. The maximum Gasteiger partial charge on any atom is 0.193 e. The summed E-state index contributed by atoms with van der Waals surface area (Å²) in [6, 6.07) is 5.52. The fourth-order valence-electron chi connectivity index (χ4n) is 2.59. The van der Waals surface area contributed by atoms with Crippen LogP contribution in [0.2, 0.25) is 0 Å². The number of benzene rings is 1. The Kier molecular flexibility index (Phi) is 1.52. The van der Waals surface area contributed by atoms with E-state index in [1.54, 1.807) is 0 Å². The lowest BCUT2D eigenvalue weighted by Gasteiger charge is -2.24. The molecule has 17 heavy (non-hydrogen) atoms. The summed E-state index contributed by atoms with van der Waals surface area (Å²) in [5.41, 5.74) is 3.17. The molecular weight excluding hydrogens is 214 g/mol. The molecule has 0 saturated carbocycles. The molecule has 4 nitrogen and oxygen atoms in total. The Bertz CT molecular complexity index is 709. The molecule has 0 spiro atoms. The van der Waals surface area contributed by atoms with Gasteiger partial charge in [-0.05, 0) is 18.6 Å². The molecule has 2 heterocycles. The van der Waals surface area contributed by atoms with E-state index in [0.717, 1.165) is 23.0 Å². The van der Waals surface area contributed by atoms with Crippen LogP contribution in [-0.4, -0.2) is 20.8 Å². The van der Waals surface area contributed by atoms with Crippen LogP contribution in [0.25, 0.3) is 11.0 Å². The van der Waals surface area contributed by atoms with Gasteiger partial charge in [0, 0.05) is 11.1 Å².